The highest BCUT2D eigenvalue weighted by molar-refractivity contribution is 7.92. The number of rotatable bonds is 14. The summed E-state index contributed by atoms with van der Waals surface area (Å²) in [6.07, 6.45) is 0.355. The number of ether oxygens (including phenoxy) is 1. The summed E-state index contributed by atoms with van der Waals surface area (Å²) in [5.41, 5.74) is 3.11. The number of benzene rings is 3. The number of nitrogens with one attached hydrogen (secondary N) is 1. The van der Waals surface area contributed by atoms with E-state index in [1.54, 1.807) is 49.6 Å². The Hall–Kier alpha value is -3.85. The van der Waals surface area contributed by atoms with Gasteiger partial charge in [-0.25, -0.2) is 8.42 Å². The van der Waals surface area contributed by atoms with Crippen LogP contribution in [0.5, 0.6) is 5.75 Å². The van der Waals surface area contributed by atoms with E-state index < -0.39 is 28.5 Å². The van der Waals surface area contributed by atoms with Crippen molar-refractivity contribution in [1.29, 1.82) is 0 Å². The first-order chi connectivity index (χ1) is 20.4. The predicted octanol–water partition coefficient (Wildman–Crippen LogP) is 5.90. The zero-order valence-electron chi connectivity index (χ0n) is 26.3. The van der Waals surface area contributed by atoms with Crippen LogP contribution in [0, 0.1) is 12.8 Å². The van der Waals surface area contributed by atoms with Crippen LogP contribution in [0.25, 0.3) is 0 Å². The van der Waals surface area contributed by atoms with E-state index in [1.165, 1.54) is 4.90 Å². The van der Waals surface area contributed by atoms with Crippen molar-refractivity contribution in [1.82, 2.24) is 10.2 Å². The van der Waals surface area contributed by atoms with E-state index in [9.17, 15) is 18.0 Å². The van der Waals surface area contributed by atoms with Crippen molar-refractivity contribution < 1.29 is 22.7 Å². The maximum absolute atomic E-state index is 14.2. The van der Waals surface area contributed by atoms with Crippen LogP contribution in [0.2, 0.25) is 0 Å². The molecular weight excluding hydrogens is 562 g/mol. The second-order valence-corrected chi connectivity index (χ2v) is 13.4. The number of carbonyl (C=O) groups is 2. The fraction of sp³-hybridized carbons (Fsp3) is 0.412. The second kappa shape index (κ2) is 15.0. The highest BCUT2D eigenvalue weighted by Gasteiger charge is 2.33. The number of carbonyl (C=O) groups excluding carboxylic acids is 2. The van der Waals surface area contributed by atoms with Crippen LogP contribution in [-0.4, -0.2) is 51.4 Å². The number of nitrogens with zero attached hydrogens (tertiary/aromatic N) is 2. The van der Waals surface area contributed by atoms with Gasteiger partial charge in [-0.05, 0) is 72.7 Å². The molecule has 3 aromatic rings. The number of amides is 2. The van der Waals surface area contributed by atoms with E-state index >= 15 is 0 Å². The zero-order valence-corrected chi connectivity index (χ0v) is 27.1. The van der Waals surface area contributed by atoms with Crippen LogP contribution in [0.4, 0.5) is 5.69 Å². The molecule has 0 spiro atoms. The average Bonchev–Trinajstić information content (AvgIpc) is 2.98. The molecule has 1 atom stereocenters. The molecule has 232 valence electrons. The first-order valence-electron chi connectivity index (χ1n) is 14.8. The fourth-order valence-corrected chi connectivity index (χ4v) is 6.12. The smallest absolute Gasteiger partial charge is 0.264 e. The molecule has 0 bridgehead atoms. The van der Waals surface area contributed by atoms with E-state index in [-0.39, 0.29) is 29.2 Å². The molecule has 0 fully saturated rings. The largest absolute Gasteiger partial charge is 0.497 e. The molecule has 0 aliphatic carbocycles. The molecule has 0 saturated carbocycles. The Bertz CT molecular complexity index is 1470. The van der Waals surface area contributed by atoms with Crippen molar-refractivity contribution in [2.75, 3.05) is 24.5 Å². The summed E-state index contributed by atoms with van der Waals surface area (Å²) in [5, 5.41) is 2.95. The predicted molar refractivity (Wildman–Crippen MR) is 172 cm³/mol. The van der Waals surface area contributed by atoms with Crippen LogP contribution in [0.1, 0.15) is 63.6 Å². The number of aryl methyl sites for hydroxylation is 1. The fourth-order valence-electron chi connectivity index (χ4n) is 4.70. The molecule has 0 saturated heterocycles. The van der Waals surface area contributed by atoms with Gasteiger partial charge in [0.25, 0.3) is 10.0 Å². The zero-order chi connectivity index (χ0) is 31.7. The third-order valence-corrected chi connectivity index (χ3v) is 9.08. The maximum atomic E-state index is 14.2. The van der Waals surface area contributed by atoms with Gasteiger partial charge in [-0.2, -0.15) is 0 Å². The van der Waals surface area contributed by atoms with Gasteiger partial charge in [0.15, 0.2) is 0 Å². The van der Waals surface area contributed by atoms with E-state index in [1.807, 2.05) is 58.0 Å². The van der Waals surface area contributed by atoms with E-state index in [0.717, 1.165) is 21.0 Å². The molecule has 3 aromatic carbocycles. The van der Waals surface area contributed by atoms with Crippen molar-refractivity contribution in [2.45, 2.75) is 71.4 Å². The molecule has 0 aromatic heterocycles. The Labute approximate surface area is 257 Å². The van der Waals surface area contributed by atoms with Gasteiger partial charge in [-0.1, -0.05) is 76.6 Å². The Morgan fingerprint density at radius 2 is 1.58 bits per heavy atom. The minimum atomic E-state index is -4.12. The lowest BCUT2D eigenvalue weighted by molar-refractivity contribution is -0.140. The molecule has 0 heterocycles. The summed E-state index contributed by atoms with van der Waals surface area (Å²) in [7, 11) is -2.56. The van der Waals surface area contributed by atoms with E-state index in [2.05, 4.69) is 19.2 Å². The summed E-state index contributed by atoms with van der Waals surface area (Å²) in [6, 6.07) is 20.3. The molecule has 2 amide bonds. The van der Waals surface area contributed by atoms with Crippen LogP contribution >= 0.6 is 0 Å². The lowest BCUT2D eigenvalue weighted by Crippen LogP contribution is -2.52. The van der Waals surface area contributed by atoms with Crippen molar-refractivity contribution in [2.24, 2.45) is 5.92 Å². The highest BCUT2D eigenvalue weighted by Crippen LogP contribution is 2.27. The Morgan fingerprint density at radius 1 is 0.930 bits per heavy atom. The van der Waals surface area contributed by atoms with Crippen LogP contribution < -0.4 is 14.4 Å². The van der Waals surface area contributed by atoms with Crippen LogP contribution in [-0.2, 0) is 26.2 Å². The second-order valence-electron chi connectivity index (χ2n) is 11.5. The van der Waals surface area contributed by atoms with Gasteiger partial charge in [0.1, 0.15) is 18.3 Å². The first-order valence-corrected chi connectivity index (χ1v) is 16.2. The molecule has 9 heteroatoms. The quantitative estimate of drug-likeness (QED) is 0.246. The van der Waals surface area contributed by atoms with Gasteiger partial charge < -0.3 is 15.0 Å². The van der Waals surface area contributed by atoms with Crippen molar-refractivity contribution in [3.05, 3.63) is 89.5 Å². The molecule has 3 rings (SSSR count). The minimum Gasteiger partial charge on any atom is -0.497 e. The highest BCUT2D eigenvalue weighted by atomic mass is 32.2. The number of hydrogen-bond acceptors (Lipinski definition) is 5. The SMILES string of the molecule is CCC(C(=O)NCC(C)C)N(Cc1cccc(OC)c1)C(=O)CN(c1ccc(C(C)C)cc1)S(=O)(=O)c1ccc(C)cc1. The van der Waals surface area contributed by atoms with Crippen LogP contribution in [0.15, 0.2) is 77.7 Å². The number of hydrogen-bond donors (Lipinski definition) is 1. The third-order valence-electron chi connectivity index (χ3n) is 7.29. The molecular formula is C34H45N3O5S. The normalized spacial score (nSPS) is 12.2. The lowest BCUT2D eigenvalue weighted by atomic mass is 10.0. The van der Waals surface area contributed by atoms with Crippen molar-refractivity contribution in [3.8, 4) is 5.75 Å². The summed E-state index contributed by atoms with van der Waals surface area (Å²) < 4.78 is 34.7. The number of methoxy groups -OCH3 is 1. The standard InChI is InChI=1S/C34H45N3O5S/c1-8-32(34(39)35-21-24(2)3)36(22-27-10-9-11-30(20-27)42-7)33(38)23-37(29-16-14-28(15-17-29)25(4)5)43(40,41)31-18-12-26(6)13-19-31/h9-20,24-25,32H,8,21-23H2,1-7H3,(H,35,39). The van der Waals surface area contributed by atoms with Gasteiger partial charge in [0.2, 0.25) is 11.8 Å². The summed E-state index contributed by atoms with van der Waals surface area (Å²) in [6.45, 7) is 11.9. The van der Waals surface area contributed by atoms with Gasteiger partial charge in [0.05, 0.1) is 17.7 Å². The summed E-state index contributed by atoms with van der Waals surface area (Å²) in [5.74, 6) is 0.342. The lowest BCUT2D eigenvalue weighted by Gasteiger charge is -2.33. The van der Waals surface area contributed by atoms with E-state index in [0.29, 0.717) is 24.4 Å². The molecule has 0 aliphatic heterocycles. The molecule has 0 aliphatic rings. The molecule has 0 radical (unpaired) electrons. The monoisotopic (exact) mass is 607 g/mol. The van der Waals surface area contributed by atoms with Gasteiger partial charge in [-0.3, -0.25) is 13.9 Å². The third kappa shape index (κ3) is 8.83. The minimum absolute atomic E-state index is 0.0832. The van der Waals surface area contributed by atoms with Gasteiger partial charge in [-0.15, -0.1) is 0 Å². The number of sulfonamides is 1. The van der Waals surface area contributed by atoms with Gasteiger partial charge in [0, 0.05) is 13.1 Å². The average molecular weight is 608 g/mol. The first kappa shape index (κ1) is 33.6. The van der Waals surface area contributed by atoms with Crippen LogP contribution in [0.3, 0.4) is 0 Å². The summed E-state index contributed by atoms with van der Waals surface area (Å²) in [4.78, 5) is 29.2. The molecule has 8 nitrogen and oxygen atoms in total. The Balaban J connectivity index is 2.07. The molecule has 43 heavy (non-hydrogen) atoms. The number of anilines is 1. The maximum Gasteiger partial charge on any atom is 0.264 e. The topological polar surface area (TPSA) is 96.0 Å². The van der Waals surface area contributed by atoms with Crippen molar-refractivity contribution >= 4 is 27.5 Å². The molecule has 1 unspecified atom stereocenters. The molecule has 1 N–H and O–H groups in total. The Kier molecular flexibility index (Phi) is 11.8. The van der Waals surface area contributed by atoms with Gasteiger partial charge >= 0.3 is 0 Å². The van der Waals surface area contributed by atoms with Crippen molar-refractivity contribution in [3.63, 3.8) is 0 Å². The summed E-state index contributed by atoms with van der Waals surface area (Å²) >= 11 is 0. The van der Waals surface area contributed by atoms with E-state index in [4.69, 9.17) is 4.74 Å². The Morgan fingerprint density at radius 3 is 2.14 bits per heavy atom.